The molecule has 0 radical (unpaired) electrons. The van der Waals surface area contributed by atoms with Crippen LogP contribution in [0.4, 0.5) is 0 Å². The number of hydrogen-bond donors (Lipinski definition) is 2. The zero-order chi connectivity index (χ0) is 9.68. The smallest absolute Gasteiger partial charge is 0.221 e. The van der Waals surface area contributed by atoms with Gasteiger partial charge in [0.25, 0.3) is 0 Å². The van der Waals surface area contributed by atoms with E-state index in [1.165, 1.54) is 19.3 Å². The quantitative estimate of drug-likeness (QED) is 0.670. The first kappa shape index (κ1) is 10.5. The summed E-state index contributed by atoms with van der Waals surface area (Å²) in [6, 6.07) is 0.947. The highest BCUT2D eigenvalue weighted by Crippen LogP contribution is 2.17. The van der Waals surface area contributed by atoms with Crippen LogP contribution in [0.25, 0.3) is 0 Å². The van der Waals surface area contributed by atoms with E-state index in [1.54, 1.807) is 0 Å². The summed E-state index contributed by atoms with van der Waals surface area (Å²) in [7, 11) is 0. The zero-order valence-electron chi connectivity index (χ0n) is 8.60. The van der Waals surface area contributed by atoms with E-state index in [-0.39, 0.29) is 5.91 Å². The molecule has 0 heterocycles. The van der Waals surface area contributed by atoms with Crippen molar-refractivity contribution in [2.24, 2.45) is 0 Å². The molecule has 0 unspecified atom stereocenters. The van der Waals surface area contributed by atoms with Gasteiger partial charge in [-0.25, -0.2) is 0 Å². The Labute approximate surface area is 80.3 Å². The molecule has 2 N–H and O–H groups in total. The van der Waals surface area contributed by atoms with E-state index in [1.807, 2.05) is 0 Å². The third kappa shape index (κ3) is 4.27. The summed E-state index contributed by atoms with van der Waals surface area (Å²) < 4.78 is 0. The monoisotopic (exact) mass is 184 g/mol. The number of amides is 1. The molecule has 1 amide bonds. The van der Waals surface area contributed by atoms with Gasteiger partial charge in [-0.05, 0) is 19.3 Å². The standard InChI is InChI=1S/C10H20N2O/c1-8(2)11-7-6-10(13)12-9-4-3-5-9/h8-9,11H,3-7H2,1-2H3,(H,12,13). The zero-order valence-corrected chi connectivity index (χ0v) is 8.60. The van der Waals surface area contributed by atoms with Crippen LogP contribution >= 0.6 is 0 Å². The third-order valence-electron chi connectivity index (χ3n) is 2.37. The minimum absolute atomic E-state index is 0.192. The van der Waals surface area contributed by atoms with Crippen LogP contribution in [-0.2, 0) is 4.79 Å². The molecule has 3 heteroatoms. The molecular weight excluding hydrogens is 164 g/mol. The lowest BCUT2D eigenvalue weighted by molar-refractivity contribution is -0.122. The summed E-state index contributed by atoms with van der Waals surface area (Å²) in [5, 5.41) is 6.24. The van der Waals surface area contributed by atoms with Crippen LogP contribution in [0.5, 0.6) is 0 Å². The number of rotatable bonds is 5. The van der Waals surface area contributed by atoms with Gasteiger partial charge in [-0.15, -0.1) is 0 Å². The van der Waals surface area contributed by atoms with E-state index in [2.05, 4.69) is 24.5 Å². The fraction of sp³-hybridized carbons (Fsp3) is 0.900. The second-order valence-corrected chi connectivity index (χ2v) is 4.05. The van der Waals surface area contributed by atoms with Crippen molar-refractivity contribution in [1.82, 2.24) is 10.6 Å². The predicted octanol–water partition coefficient (Wildman–Crippen LogP) is 1.04. The van der Waals surface area contributed by atoms with Gasteiger partial charge in [-0.1, -0.05) is 13.8 Å². The van der Waals surface area contributed by atoms with Crippen LogP contribution in [0.1, 0.15) is 39.5 Å². The molecule has 1 aliphatic rings. The van der Waals surface area contributed by atoms with Gasteiger partial charge in [0.2, 0.25) is 5.91 Å². The SMILES string of the molecule is CC(C)NCCC(=O)NC1CCC1. The van der Waals surface area contributed by atoms with E-state index in [9.17, 15) is 4.79 Å². The van der Waals surface area contributed by atoms with E-state index < -0.39 is 0 Å². The molecule has 1 saturated carbocycles. The lowest BCUT2D eigenvalue weighted by Crippen LogP contribution is -2.40. The molecule has 3 nitrogen and oxygen atoms in total. The molecule has 76 valence electrons. The second kappa shape index (κ2) is 5.22. The average molecular weight is 184 g/mol. The molecule has 1 aliphatic carbocycles. The Morgan fingerprint density at radius 2 is 2.15 bits per heavy atom. The molecule has 1 rings (SSSR count). The van der Waals surface area contributed by atoms with Crippen LogP contribution in [0.3, 0.4) is 0 Å². The van der Waals surface area contributed by atoms with Crippen LogP contribution < -0.4 is 10.6 Å². The van der Waals surface area contributed by atoms with E-state index in [0.717, 1.165) is 6.54 Å². The molecule has 0 aromatic carbocycles. The molecule has 1 fully saturated rings. The van der Waals surface area contributed by atoms with Gasteiger partial charge in [0, 0.05) is 25.0 Å². The molecule has 0 bridgehead atoms. The molecule has 0 aromatic rings. The maximum absolute atomic E-state index is 11.3. The van der Waals surface area contributed by atoms with Crippen molar-refractivity contribution in [3.63, 3.8) is 0 Å². The van der Waals surface area contributed by atoms with Crippen molar-refractivity contribution in [2.45, 2.75) is 51.6 Å². The van der Waals surface area contributed by atoms with Gasteiger partial charge >= 0.3 is 0 Å². The summed E-state index contributed by atoms with van der Waals surface area (Å²) in [4.78, 5) is 11.3. The number of hydrogen-bond acceptors (Lipinski definition) is 2. The van der Waals surface area contributed by atoms with E-state index >= 15 is 0 Å². The predicted molar refractivity (Wildman–Crippen MR) is 53.5 cm³/mol. The maximum Gasteiger partial charge on any atom is 0.221 e. The Kier molecular flexibility index (Phi) is 4.22. The van der Waals surface area contributed by atoms with Gasteiger partial charge in [-0.3, -0.25) is 4.79 Å². The molecule has 0 spiro atoms. The van der Waals surface area contributed by atoms with Gasteiger partial charge in [-0.2, -0.15) is 0 Å². The first-order valence-corrected chi connectivity index (χ1v) is 5.21. The lowest BCUT2D eigenvalue weighted by atomic mass is 9.93. The summed E-state index contributed by atoms with van der Waals surface area (Å²) in [6.45, 7) is 4.96. The third-order valence-corrected chi connectivity index (χ3v) is 2.37. The van der Waals surface area contributed by atoms with Gasteiger partial charge < -0.3 is 10.6 Å². The summed E-state index contributed by atoms with van der Waals surface area (Å²) in [6.07, 6.45) is 4.22. The van der Waals surface area contributed by atoms with Crippen molar-refractivity contribution in [2.75, 3.05) is 6.54 Å². The molecule has 0 aromatic heterocycles. The van der Waals surface area contributed by atoms with Crippen LogP contribution in [0.2, 0.25) is 0 Å². The summed E-state index contributed by atoms with van der Waals surface area (Å²) >= 11 is 0. The maximum atomic E-state index is 11.3. The topological polar surface area (TPSA) is 41.1 Å². The number of carbonyl (C=O) groups is 1. The van der Waals surface area contributed by atoms with Crippen LogP contribution in [-0.4, -0.2) is 24.5 Å². The lowest BCUT2D eigenvalue weighted by Gasteiger charge is -2.26. The fourth-order valence-corrected chi connectivity index (χ4v) is 1.33. The molecule has 0 saturated heterocycles. The minimum atomic E-state index is 0.192. The first-order valence-electron chi connectivity index (χ1n) is 5.21. The van der Waals surface area contributed by atoms with E-state index in [4.69, 9.17) is 0 Å². The molecular formula is C10H20N2O. The summed E-state index contributed by atoms with van der Waals surface area (Å²) in [5.74, 6) is 0.192. The number of carbonyl (C=O) groups excluding carboxylic acids is 1. The van der Waals surface area contributed by atoms with Crippen molar-refractivity contribution in [3.8, 4) is 0 Å². The second-order valence-electron chi connectivity index (χ2n) is 4.05. The summed E-state index contributed by atoms with van der Waals surface area (Å²) in [5.41, 5.74) is 0. The Morgan fingerprint density at radius 1 is 1.46 bits per heavy atom. The molecule has 0 aliphatic heterocycles. The fourth-order valence-electron chi connectivity index (χ4n) is 1.33. The minimum Gasteiger partial charge on any atom is -0.353 e. The normalized spacial score (nSPS) is 17.2. The Morgan fingerprint density at radius 3 is 2.62 bits per heavy atom. The average Bonchev–Trinajstić information content (AvgIpc) is 1.96. The Bertz CT molecular complexity index is 164. The van der Waals surface area contributed by atoms with Crippen molar-refractivity contribution < 1.29 is 4.79 Å². The van der Waals surface area contributed by atoms with Gasteiger partial charge in [0.05, 0.1) is 0 Å². The first-order chi connectivity index (χ1) is 6.18. The molecule has 0 atom stereocenters. The van der Waals surface area contributed by atoms with Crippen molar-refractivity contribution >= 4 is 5.91 Å². The highest BCUT2D eigenvalue weighted by atomic mass is 16.1. The van der Waals surface area contributed by atoms with Crippen LogP contribution in [0.15, 0.2) is 0 Å². The van der Waals surface area contributed by atoms with Gasteiger partial charge in [0.1, 0.15) is 0 Å². The van der Waals surface area contributed by atoms with Crippen molar-refractivity contribution in [3.05, 3.63) is 0 Å². The Hall–Kier alpha value is -0.570. The van der Waals surface area contributed by atoms with Crippen molar-refractivity contribution in [1.29, 1.82) is 0 Å². The largest absolute Gasteiger partial charge is 0.353 e. The molecule has 13 heavy (non-hydrogen) atoms. The Balaban J connectivity index is 1.97. The van der Waals surface area contributed by atoms with Crippen LogP contribution in [0, 0.1) is 0 Å². The number of nitrogens with one attached hydrogen (secondary N) is 2. The highest BCUT2D eigenvalue weighted by Gasteiger charge is 2.18. The highest BCUT2D eigenvalue weighted by molar-refractivity contribution is 5.76. The van der Waals surface area contributed by atoms with Gasteiger partial charge in [0.15, 0.2) is 0 Å². The van der Waals surface area contributed by atoms with E-state index in [0.29, 0.717) is 18.5 Å².